The van der Waals surface area contributed by atoms with Crippen LogP contribution in [-0.2, 0) is 0 Å². The summed E-state index contributed by atoms with van der Waals surface area (Å²) in [5, 5.41) is 6.37. The number of methoxy groups -OCH3 is 1. The third kappa shape index (κ3) is 4.31. The maximum absolute atomic E-state index is 14.5. The number of hydrogen-bond acceptors (Lipinski definition) is 6. The first-order valence-corrected chi connectivity index (χ1v) is 13.3. The van der Waals surface area contributed by atoms with E-state index in [1.54, 1.807) is 24.5 Å². The van der Waals surface area contributed by atoms with Crippen LogP contribution < -0.4 is 41.6 Å². The van der Waals surface area contributed by atoms with Crippen molar-refractivity contribution in [3.05, 3.63) is 53.7 Å². The number of ether oxygens (including phenoxy) is 2. The number of nitrogens with one attached hydrogen (secondary N) is 3. The number of amides is 1. The zero-order valence-corrected chi connectivity index (χ0v) is 21.1. The molecule has 180 valence electrons. The first kappa shape index (κ1) is 22.9. The number of aromatic nitrogens is 2. The maximum atomic E-state index is 14.5. The number of para-hydroxylation sites is 1. The SMILES string of the molecule is COc1c(F)cccc1Nc1c2[nH]c3c1C(=O)NC[C@@H]3[I-]N(C)CCCCOc1cnccc1-2. The number of benzene rings is 1. The van der Waals surface area contributed by atoms with E-state index >= 15 is 0 Å². The standard InChI is InChI=1S/C24H26FIN5O3/c1-31-10-3-4-11-34-18-13-27-9-8-14(18)20-22(29-17-7-5-6-15(25)23(17)33-2)19-21(30-20)16(26-31)12-28-24(19)32/h5-9,13,16,29-30H,3-4,10-12H2,1-2H3,(H,28,32)/q-1/t16-/m0/s1. The van der Waals surface area contributed by atoms with Gasteiger partial charge in [-0.05, 0) is 0 Å². The molecule has 1 aromatic carbocycles. The number of carbonyl (C=O) groups is 1. The molecule has 0 spiro atoms. The molecule has 4 heterocycles. The second kappa shape index (κ2) is 9.79. The van der Waals surface area contributed by atoms with Crippen LogP contribution in [0.2, 0.25) is 0 Å². The van der Waals surface area contributed by atoms with Crippen LogP contribution in [0.1, 0.15) is 32.8 Å². The molecule has 0 saturated carbocycles. The fourth-order valence-electron chi connectivity index (χ4n) is 4.29. The Morgan fingerprint density at radius 2 is 2.21 bits per heavy atom. The van der Waals surface area contributed by atoms with Crippen molar-refractivity contribution in [3.8, 4) is 22.8 Å². The van der Waals surface area contributed by atoms with Gasteiger partial charge in [-0.3, -0.25) is 0 Å². The molecule has 34 heavy (non-hydrogen) atoms. The summed E-state index contributed by atoms with van der Waals surface area (Å²) in [6, 6.07) is 6.55. The Labute approximate surface area is 207 Å². The van der Waals surface area contributed by atoms with Crippen LogP contribution in [0, 0.1) is 5.82 Å². The molecule has 3 aromatic rings. The van der Waals surface area contributed by atoms with Crippen molar-refractivity contribution >= 4 is 17.3 Å². The molecule has 1 amide bonds. The van der Waals surface area contributed by atoms with E-state index in [-0.39, 0.29) is 15.6 Å². The van der Waals surface area contributed by atoms with Crippen LogP contribution in [0.5, 0.6) is 11.5 Å². The number of anilines is 2. The molecule has 0 aliphatic carbocycles. The Bertz CT molecular complexity index is 1220. The topological polar surface area (TPSA) is 91.5 Å². The monoisotopic (exact) mass is 578 g/mol. The van der Waals surface area contributed by atoms with Crippen molar-refractivity contribution in [1.82, 2.24) is 18.4 Å². The number of aromatic amines is 1. The first-order valence-electron chi connectivity index (χ1n) is 11.1. The molecule has 0 fully saturated rings. The zero-order valence-electron chi connectivity index (χ0n) is 19.0. The normalized spacial score (nSPS) is 18.7. The summed E-state index contributed by atoms with van der Waals surface area (Å²) in [6.45, 7) is 2.15. The Kier molecular flexibility index (Phi) is 6.59. The Morgan fingerprint density at radius 1 is 1.32 bits per heavy atom. The molecule has 5 rings (SSSR count). The van der Waals surface area contributed by atoms with E-state index in [4.69, 9.17) is 9.47 Å². The summed E-state index contributed by atoms with van der Waals surface area (Å²) >= 11 is -0.392. The molecule has 0 saturated heterocycles. The fraction of sp³-hybridized carbons (Fsp3) is 0.333. The van der Waals surface area contributed by atoms with E-state index in [1.807, 2.05) is 6.07 Å². The number of alkyl halides is 1. The number of hydrogen-bond donors (Lipinski definition) is 3. The summed E-state index contributed by atoms with van der Waals surface area (Å²) < 4.78 is 28.5. The number of nitrogens with zero attached hydrogens (tertiary/aromatic N) is 2. The number of fused-ring (bicyclic) bond motifs is 3. The molecular weight excluding hydrogens is 552 g/mol. The fourth-order valence-corrected chi connectivity index (χ4v) is 7.22. The van der Waals surface area contributed by atoms with Crippen molar-refractivity contribution in [1.29, 1.82) is 0 Å². The molecule has 8 nitrogen and oxygen atoms in total. The molecule has 2 aromatic heterocycles. The van der Waals surface area contributed by atoms with Crippen LogP contribution >= 0.6 is 0 Å². The van der Waals surface area contributed by atoms with Gasteiger partial charge in [0, 0.05) is 0 Å². The number of carbonyl (C=O) groups excluding carboxylic acids is 1. The molecule has 3 N–H and O–H groups in total. The van der Waals surface area contributed by atoms with E-state index in [9.17, 15) is 9.18 Å². The van der Waals surface area contributed by atoms with Gasteiger partial charge in [0.1, 0.15) is 0 Å². The van der Waals surface area contributed by atoms with Crippen LogP contribution in [-0.4, -0.2) is 52.8 Å². The third-order valence-corrected chi connectivity index (χ3v) is 9.07. The van der Waals surface area contributed by atoms with Crippen LogP contribution in [0.25, 0.3) is 11.3 Å². The number of H-pyrrole nitrogens is 1. The van der Waals surface area contributed by atoms with Gasteiger partial charge in [0.25, 0.3) is 0 Å². The minimum absolute atomic E-state index is 0.0870. The molecule has 2 bridgehead atoms. The summed E-state index contributed by atoms with van der Waals surface area (Å²) in [5.74, 6) is 0.0730. The van der Waals surface area contributed by atoms with Gasteiger partial charge in [0.2, 0.25) is 0 Å². The predicted molar refractivity (Wildman–Crippen MR) is 123 cm³/mol. The summed E-state index contributed by atoms with van der Waals surface area (Å²) in [6.07, 6.45) is 5.37. The predicted octanol–water partition coefficient (Wildman–Crippen LogP) is 0.861. The Hall–Kier alpha value is -2.86. The number of rotatable bonds is 3. The van der Waals surface area contributed by atoms with Gasteiger partial charge in [-0.15, -0.1) is 0 Å². The van der Waals surface area contributed by atoms with Gasteiger partial charge < -0.3 is 0 Å². The van der Waals surface area contributed by atoms with Gasteiger partial charge in [0.05, 0.1) is 0 Å². The summed E-state index contributed by atoms with van der Waals surface area (Å²) in [5.41, 5.74) is 3.95. The first-order chi connectivity index (χ1) is 16.6. The van der Waals surface area contributed by atoms with Gasteiger partial charge >= 0.3 is 208 Å². The third-order valence-electron chi connectivity index (χ3n) is 5.90. The molecular formula is C24H26FIN5O3-. The zero-order chi connectivity index (χ0) is 23.7. The molecule has 0 radical (unpaired) electrons. The van der Waals surface area contributed by atoms with E-state index in [0.29, 0.717) is 41.5 Å². The van der Waals surface area contributed by atoms with E-state index in [1.165, 1.54) is 13.2 Å². The second-order valence-corrected chi connectivity index (χ2v) is 11.8. The summed E-state index contributed by atoms with van der Waals surface area (Å²) in [7, 11) is 3.57. The van der Waals surface area contributed by atoms with Crippen LogP contribution in [0.15, 0.2) is 36.7 Å². The average Bonchev–Trinajstić information content (AvgIpc) is 3.21. The van der Waals surface area contributed by atoms with Crippen molar-refractivity contribution in [2.45, 2.75) is 16.8 Å². The quantitative estimate of drug-likeness (QED) is 0.243. The molecule has 2 aliphatic rings. The molecule has 1 atom stereocenters. The Balaban J connectivity index is 1.71. The number of halogens is 2. The second-order valence-electron chi connectivity index (χ2n) is 8.14. The van der Waals surface area contributed by atoms with E-state index in [0.717, 1.165) is 30.6 Å². The van der Waals surface area contributed by atoms with Gasteiger partial charge in [-0.1, -0.05) is 0 Å². The molecule has 0 unspecified atom stereocenters. The van der Waals surface area contributed by atoms with Crippen LogP contribution in [0.4, 0.5) is 15.8 Å². The van der Waals surface area contributed by atoms with E-state index < -0.39 is 27.3 Å². The minimum atomic E-state index is -0.483. The summed E-state index contributed by atoms with van der Waals surface area (Å²) in [4.78, 5) is 21.0. The van der Waals surface area contributed by atoms with Crippen molar-refractivity contribution in [3.63, 3.8) is 0 Å². The van der Waals surface area contributed by atoms with E-state index in [2.05, 4.69) is 30.8 Å². The molecule has 10 heteroatoms. The van der Waals surface area contributed by atoms with Crippen molar-refractivity contribution < 1.29 is 40.1 Å². The van der Waals surface area contributed by atoms with Gasteiger partial charge in [0.15, 0.2) is 0 Å². The van der Waals surface area contributed by atoms with Crippen LogP contribution in [0.3, 0.4) is 0 Å². The van der Waals surface area contributed by atoms with Gasteiger partial charge in [-0.25, -0.2) is 0 Å². The van der Waals surface area contributed by atoms with Crippen molar-refractivity contribution in [2.24, 2.45) is 0 Å². The van der Waals surface area contributed by atoms with Crippen molar-refractivity contribution in [2.75, 3.05) is 39.2 Å². The number of pyridine rings is 1. The average molecular weight is 578 g/mol. The Morgan fingerprint density at radius 3 is 3.06 bits per heavy atom. The molecule has 2 aliphatic heterocycles. The van der Waals surface area contributed by atoms with Gasteiger partial charge in [-0.2, -0.15) is 0 Å².